The highest BCUT2D eigenvalue weighted by Crippen LogP contribution is 3.11. The highest BCUT2D eigenvalue weighted by molar-refractivity contribution is 5.76. The molecule has 0 aromatic heterocycles. The predicted molar refractivity (Wildman–Crippen MR) is 210 cm³/mol. The van der Waals surface area contributed by atoms with Gasteiger partial charge < -0.3 is 31.3 Å². The molecule has 0 amide bonds. The number of benzene rings is 2. The van der Waals surface area contributed by atoms with E-state index < -0.39 is 28.7 Å². The summed E-state index contributed by atoms with van der Waals surface area (Å²) in [5.74, 6) is 2.53. The minimum atomic E-state index is -0.840. The van der Waals surface area contributed by atoms with Crippen molar-refractivity contribution in [2.45, 2.75) is 65.5 Å². The Hall–Kier alpha value is -3.31. The van der Waals surface area contributed by atoms with Crippen molar-refractivity contribution in [1.29, 1.82) is 0 Å². The molecule has 9 aliphatic rings. The van der Waals surface area contributed by atoms with Gasteiger partial charge in [-0.2, -0.15) is 0 Å². The van der Waals surface area contributed by atoms with Crippen LogP contribution in [0.15, 0.2) is 48.5 Å². The first-order chi connectivity index (χ1) is 26.9. The summed E-state index contributed by atoms with van der Waals surface area (Å²) in [6.07, 6.45) is 4.56. The normalized spacial score (nSPS) is 39.2. The van der Waals surface area contributed by atoms with E-state index in [2.05, 4.69) is 69.4 Å². The first-order valence-corrected chi connectivity index (χ1v) is 21.6. The standard InChI is InChI=1S/C46H60N4O6/c1-43(41(53)54,31-10-13-48-21-31)17-26-5-3-7-28(15-26)23-50(24-29-8-4-6-27(16-29)18-44(2,42(55)56)32-11-14-49-22-32)25-46-37-34-36-35(37)39(46)45(36,38(34)46)19-33(40(51)52)30-9-12-47-20-30/h3-8,15-16,30-39,47-49H,9-14,17-25H2,1-2H3,(H,51,52)(H,53,54)(H,55,56)/t30-,31-,32-,33-,34?,35?,36?,37?,38?,39?,43?,44?,45?,46?/m0/s1. The lowest BCUT2D eigenvalue weighted by molar-refractivity contribution is -0.661. The molecule has 9 fully saturated rings. The van der Waals surface area contributed by atoms with Gasteiger partial charge in [-0.1, -0.05) is 48.5 Å². The molecule has 56 heavy (non-hydrogen) atoms. The molecule has 3 aliphatic heterocycles. The predicted octanol–water partition coefficient (Wildman–Crippen LogP) is 4.61. The first kappa shape index (κ1) is 37.0. The fourth-order valence-electron chi connectivity index (χ4n) is 15.5. The lowest BCUT2D eigenvalue weighted by atomic mass is 8.91. The van der Waals surface area contributed by atoms with Crippen LogP contribution < -0.4 is 16.0 Å². The van der Waals surface area contributed by atoms with Crippen LogP contribution in [0.5, 0.6) is 0 Å². The number of aliphatic carboxylic acids is 3. The van der Waals surface area contributed by atoms with Gasteiger partial charge in [-0.05, 0) is 178 Å². The van der Waals surface area contributed by atoms with Gasteiger partial charge in [0.2, 0.25) is 0 Å². The average molecular weight is 765 g/mol. The maximum atomic E-state index is 12.7. The molecule has 6 aliphatic carbocycles. The number of nitrogens with zero attached hydrogens (tertiary/aromatic N) is 1. The third-order valence-corrected chi connectivity index (χ3v) is 17.9. The number of carbonyl (C=O) groups is 3. The molecule has 3 heterocycles. The molecule has 2 aromatic rings. The van der Waals surface area contributed by atoms with Gasteiger partial charge in [0, 0.05) is 19.6 Å². The zero-order chi connectivity index (χ0) is 38.8. The lowest BCUT2D eigenvalue weighted by Crippen LogP contribution is -3.10. The van der Waals surface area contributed by atoms with E-state index in [0.717, 1.165) is 119 Å². The molecule has 0 bridgehead atoms. The smallest absolute Gasteiger partial charge is 0.310 e. The number of carboxylic acids is 3. The zero-order valence-corrected chi connectivity index (χ0v) is 33.0. The van der Waals surface area contributed by atoms with Gasteiger partial charge in [-0.3, -0.25) is 19.3 Å². The third kappa shape index (κ3) is 5.03. The van der Waals surface area contributed by atoms with Gasteiger partial charge in [-0.25, -0.2) is 0 Å². The van der Waals surface area contributed by atoms with E-state index in [1.807, 2.05) is 13.8 Å². The zero-order valence-electron chi connectivity index (χ0n) is 33.0. The summed E-state index contributed by atoms with van der Waals surface area (Å²) in [6, 6.07) is 17.2. The molecule has 10 atom stereocenters. The van der Waals surface area contributed by atoms with Gasteiger partial charge in [0.25, 0.3) is 0 Å². The van der Waals surface area contributed by atoms with E-state index in [0.29, 0.717) is 24.7 Å². The largest absolute Gasteiger partial charge is 0.481 e. The van der Waals surface area contributed by atoms with E-state index in [-0.39, 0.29) is 34.5 Å². The van der Waals surface area contributed by atoms with Gasteiger partial charge in [0.15, 0.2) is 0 Å². The fourth-order valence-corrected chi connectivity index (χ4v) is 15.5. The van der Waals surface area contributed by atoms with Crippen molar-refractivity contribution in [1.82, 2.24) is 20.9 Å². The molecule has 6 saturated carbocycles. The van der Waals surface area contributed by atoms with E-state index in [4.69, 9.17) is 0 Å². The van der Waals surface area contributed by atoms with E-state index >= 15 is 0 Å². The summed E-state index contributed by atoms with van der Waals surface area (Å²) in [7, 11) is 0. The highest BCUT2D eigenvalue weighted by atomic mass is 16.4. The van der Waals surface area contributed by atoms with Crippen molar-refractivity contribution in [3.05, 3.63) is 70.8 Å². The van der Waals surface area contributed by atoms with E-state index in [9.17, 15) is 29.7 Å². The molecular formula is C46H60N4O6. The Morgan fingerprint density at radius 3 is 1.64 bits per heavy atom. The van der Waals surface area contributed by atoms with Crippen LogP contribution in [-0.2, 0) is 40.3 Å². The van der Waals surface area contributed by atoms with Crippen LogP contribution in [0.3, 0.4) is 0 Å². The number of nitrogens with one attached hydrogen (secondary N) is 3. The Kier molecular flexibility index (Phi) is 8.65. The molecular weight excluding hydrogens is 705 g/mol. The number of carboxylic acid groups (broad SMARTS) is 3. The van der Waals surface area contributed by atoms with Crippen LogP contribution in [-0.4, -0.2) is 83.9 Å². The van der Waals surface area contributed by atoms with Crippen molar-refractivity contribution in [3.63, 3.8) is 0 Å². The SMILES string of the molecule is CC(Cc1cccc(CN(Cc2cccc(CC(C)(C(=O)O)[C@H]3CCNC3)c2)CC23C4C5C6C4C2C6(C[C@H](C(=O)O)[C@H]2CCNC2)C53)c1)(C(=O)O)[C@H]1CCNC1. The average Bonchev–Trinajstić information content (AvgIpc) is 3.99. The minimum Gasteiger partial charge on any atom is -0.481 e. The number of hydrogen-bond acceptors (Lipinski definition) is 7. The summed E-state index contributed by atoms with van der Waals surface area (Å²) < 4.78 is 0. The van der Waals surface area contributed by atoms with Crippen molar-refractivity contribution >= 4 is 17.9 Å². The minimum absolute atomic E-state index is 0.0899. The van der Waals surface area contributed by atoms with Crippen LogP contribution >= 0.6 is 0 Å². The van der Waals surface area contributed by atoms with Crippen molar-refractivity contribution in [2.24, 2.45) is 80.8 Å². The Balaban J connectivity index is 0.914. The monoisotopic (exact) mass is 764 g/mol. The maximum absolute atomic E-state index is 12.7. The van der Waals surface area contributed by atoms with Crippen molar-refractivity contribution < 1.29 is 29.7 Å². The molecule has 11 rings (SSSR count). The quantitative estimate of drug-likeness (QED) is 0.127. The third-order valence-electron chi connectivity index (χ3n) is 17.9. The fraction of sp³-hybridized carbons (Fsp3) is 0.674. The molecule has 10 heteroatoms. The van der Waals surface area contributed by atoms with E-state index in [1.165, 1.54) is 11.1 Å². The topological polar surface area (TPSA) is 151 Å². The summed E-state index contributed by atoms with van der Waals surface area (Å²) in [6.45, 7) is 11.3. The molecule has 0 spiro atoms. The summed E-state index contributed by atoms with van der Waals surface area (Å²) >= 11 is 0. The van der Waals surface area contributed by atoms with Crippen molar-refractivity contribution in [3.8, 4) is 0 Å². The molecule has 0 radical (unpaired) electrons. The Morgan fingerprint density at radius 1 is 0.714 bits per heavy atom. The number of rotatable bonds is 18. The van der Waals surface area contributed by atoms with Crippen LogP contribution in [0.1, 0.15) is 61.8 Å². The summed E-state index contributed by atoms with van der Waals surface area (Å²) in [5.41, 5.74) is 3.35. The Labute approximate surface area is 330 Å². The molecule has 300 valence electrons. The van der Waals surface area contributed by atoms with Gasteiger partial charge in [0.05, 0.1) is 16.7 Å². The van der Waals surface area contributed by atoms with Crippen LogP contribution in [0, 0.1) is 80.8 Å². The van der Waals surface area contributed by atoms with Crippen LogP contribution in [0.2, 0.25) is 0 Å². The Bertz CT molecular complexity index is 1810. The highest BCUT2D eigenvalue weighted by Gasteiger charge is 3.09. The second kappa shape index (κ2) is 13.1. The molecule has 3 saturated heterocycles. The van der Waals surface area contributed by atoms with Gasteiger partial charge in [-0.15, -0.1) is 0 Å². The summed E-state index contributed by atoms with van der Waals surface area (Å²) in [4.78, 5) is 40.7. The van der Waals surface area contributed by atoms with Crippen LogP contribution in [0.4, 0.5) is 0 Å². The van der Waals surface area contributed by atoms with Gasteiger partial charge >= 0.3 is 17.9 Å². The maximum Gasteiger partial charge on any atom is 0.310 e. The van der Waals surface area contributed by atoms with Crippen molar-refractivity contribution in [2.75, 3.05) is 45.8 Å². The molecule has 2 aromatic carbocycles. The molecule has 10 nitrogen and oxygen atoms in total. The Morgan fingerprint density at radius 2 is 1.20 bits per heavy atom. The molecule has 6 N–H and O–H groups in total. The van der Waals surface area contributed by atoms with E-state index in [1.54, 1.807) is 0 Å². The van der Waals surface area contributed by atoms with Gasteiger partial charge in [0.1, 0.15) is 0 Å². The molecule has 6 unspecified atom stereocenters. The second-order valence-corrected chi connectivity index (χ2v) is 20.3. The summed E-state index contributed by atoms with van der Waals surface area (Å²) in [5, 5.41) is 41.4. The second-order valence-electron chi connectivity index (χ2n) is 20.3. The van der Waals surface area contributed by atoms with Crippen LogP contribution in [0.25, 0.3) is 0 Å². The lowest BCUT2D eigenvalue weighted by Gasteiger charge is -3.12. The first-order valence-electron chi connectivity index (χ1n) is 21.6. The number of hydrogen-bond donors (Lipinski definition) is 6.